The van der Waals surface area contributed by atoms with E-state index in [9.17, 15) is 13.2 Å². The first-order chi connectivity index (χ1) is 8.52. The Hall–Kier alpha value is -1.23. The number of hydrogen-bond donors (Lipinski definition) is 1. The summed E-state index contributed by atoms with van der Waals surface area (Å²) in [6, 6.07) is 3.76. The van der Waals surface area contributed by atoms with Crippen LogP contribution >= 0.6 is 0 Å². The Balaban J connectivity index is 2.30. The lowest BCUT2D eigenvalue weighted by molar-refractivity contribution is -0.137. The highest BCUT2D eigenvalue weighted by atomic mass is 19.4. The second kappa shape index (κ2) is 5.18. The van der Waals surface area contributed by atoms with Crippen LogP contribution in [0.4, 0.5) is 13.2 Å². The maximum Gasteiger partial charge on any atom is 0.416 e. The molecule has 0 radical (unpaired) electrons. The molecule has 0 aliphatic carbocycles. The fourth-order valence-electron chi connectivity index (χ4n) is 2.34. The third-order valence-corrected chi connectivity index (χ3v) is 3.30. The Labute approximate surface area is 104 Å². The third kappa shape index (κ3) is 2.77. The Morgan fingerprint density at radius 2 is 2.11 bits per heavy atom. The van der Waals surface area contributed by atoms with E-state index in [1.807, 2.05) is 0 Å². The van der Waals surface area contributed by atoms with Gasteiger partial charge in [-0.25, -0.2) is 0 Å². The maximum absolute atomic E-state index is 12.6. The zero-order chi connectivity index (χ0) is 13.2. The molecular formula is C13H16F3NO. The lowest BCUT2D eigenvalue weighted by Gasteiger charge is -2.25. The molecule has 2 rings (SSSR count). The van der Waals surface area contributed by atoms with E-state index in [2.05, 4.69) is 5.32 Å². The molecule has 1 heterocycles. The van der Waals surface area contributed by atoms with Crippen LogP contribution in [-0.4, -0.2) is 20.2 Å². The molecule has 0 amide bonds. The van der Waals surface area contributed by atoms with E-state index in [1.54, 1.807) is 6.07 Å². The summed E-state index contributed by atoms with van der Waals surface area (Å²) in [4.78, 5) is 0. The number of methoxy groups -OCH3 is 1. The van der Waals surface area contributed by atoms with E-state index < -0.39 is 11.7 Å². The molecule has 1 atom stereocenters. The van der Waals surface area contributed by atoms with Gasteiger partial charge in [0.25, 0.3) is 0 Å². The summed E-state index contributed by atoms with van der Waals surface area (Å²) in [6.45, 7) is 1.77. The van der Waals surface area contributed by atoms with Crippen molar-refractivity contribution in [1.82, 2.24) is 5.32 Å². The zero-order valence-electron chi connectivity index (χ0n) is 10.2. The third-order valence-electron chi connectivity index (χ3n) is 3.30. The van der Waals surface area contributed by atoms with Crippen LogP contribution in [0, 0.1) is 0 Å². The van der Waals surface area contributed by atoms with Crippen LogP contribution in [-0.2, 0) is 6.18 Å². The average Bonchev–Trinajstić information content (AvgIpc) is 2.38. The highest BCUT2D eigenvalue weighted by molar-refractivity contribution is 5.41. The number of hydrogen-bond acceptors (Lipinski definition) is 2. The van der Waals surface area contributed by atoms with Gasteiger partial charge in [0.15, 0.2) is 0 Å². The topological polar surface area (TPSA) is 21.3 Å². The molecule has 5 heteroatoms. The normalized spacial score (nSPS) is 20.8. The van der Waals surface area contributed by atoms with E-state index in [1.165, 1.54) is 7.11 Å². The number of rotatable bonds is 2. The van der Waals surface area contributed by atoms with Crippen molar-refractivity contribution in [2.24, 2.45) is 0 Å². The molecule has 1 aliphatic rings. The summed E-state index contributed by atoms with van der Waals surface area (Å²) in [6.07, 6.45) is -2.31. The molecular weight excluding hydrogens is 243 g/mol. The molecule has 1 aromatic rings. The Morgan fingerprint density at radius 3 is 2.67 bits per heavy atom. The fraction of sp³-hybridized carbons (Fsp3) is 0.538. The van der Waals surface area contributed by atoms with E-state index in [-0.39, 0.29) is 5.92 Å². The fourth-order valence-corrected chi connectivity index (χ4v) is 2.34. The molecule has 2 nitrogen and oxygen atoms in total. The van der Waals surface area contributed by atoms with Crippen molar-refractivity contribution in [2.75, 3.05) is 20.2 Å². The number of alkyl halides is 3. The van der Waals surface area contributed by atoms with Gasteiger partial charge >= 0.3 is 6.18 Å². The van der Waals surface area contributed by atoms with Crippen LogP contribution in [0.2, 0.25) is 0 Å². The summed E-state index contributed by atoms with van der Waals surface area (Å²) in [5, 5.41) is 3.25. The Morgan fingerprint density at radius 1 is 1.33 bits per heavy atom. The SMILES string of the molecule is COc1cc(C(F)(F)F)ccc1[C@H]1CCCNC1. The van der Waals surface area contributed by atoms with Crippen molar-refractivity contribution < 1.29 is 17.9 Å². The van der Waals surface area contributed by atoms with Crippen molar-refractivity contribution in [1.29, 1.82) is 0 Å². The predicted molar refractivity (Wildman–Crippen MR) is 62.8 cm³/mol. The van der Waals surface area contributed by atoms with Crippen LogP contribution in [0.15, 0.2) is 18.2 Å². The van der Waals surface area contributed by atoms with Gasteiger partial charge in [-0.2, -0.15) is 13.2 Å². The second-order valence-corrected chi connectivity index (χ2v) is 4.50. The van der Waals surface area contributed by atoms with E-state index >= 15 is 0 Å². The molecule has 0 bridgehead atoms. The maximum atomic E-state index is 12.6. The first kappa shape index (κ1) is 13.2. The Kier molecular flexibility index (Phi) is 3.80. The predicted octanol–water partition coefficient (Wildman–Crippen LogP) is 3.18. The summed E-state index contributed by atoms with van der Waals surface area (Å²) in [5.41, 5.74) is 0.199. The molecule has 0 saturated carbocycles. The van der Waals surface area contributed by atoms with E-state index in [0.29, 0.717) is 5.75 Å². The molecule has 1 N–H and O–H groups in total. The van der Waals surface area contributed by atoms with Gasteiger partial charge in [-0.1, -0.05) is 6.07 Å². The molecule has 1 saturated heterocycles. The largest absolute Gasteiger partial charge is 0.496 e. The van der Waals surface area contributed by atoms with Crippen LogP contribution in [0.25, 0.3) is 0 Å². The van der Waals surface area contributed by atoms with Crippen molar-refractivity contribution in [3.63, 3.8) is 0 Å². The standard InChI is InChI=1S/C13H16F3NO/c1-18-12-7-10(13(14,15)16)4-5-11(12)9-3-2-6-17-8-9/h4-5,7,9,17H,2-3,6,8H2,1H3/t9-/m0/s1. The molecule has 18 heavy (non-hydrogen) atoms. The average molecular weight is 259 g/mol. The quantitative estimate of drug-likeness (QED) is 0.880. The van der Waals surface area contributed by atoms with Crippen LogP contribution in [0.3, 0.4) is 0 Å². The number of benzene rings is 1. The van der Waals surface area contributed by atoms with Crippen LogP contribution in [0.1, 0.15) is 29.9 Å². The van der Waals surface area contributed by atoms with Gasteiger partial charge in [0, 0.05) is 12.5 Å². The molecule has 100 valence electrons. The minimum absolute atomic E-state index is 0.232. The molecule has 0 spiro atoms. The van der Waals surface area contributed by atoms with Crippen LogP contribution in [0.5, 0.6) is 5.75 Å². The molecule has 1 aromatic carbocycles. The second-order valence-electron chi connectivity index (χ2n) is 4.50. The monoisotopic (exact) mass is 259 g/mol. The van der Waals surface area contributed by atoms with Gasteiger partial charge in [-0.15, -0.1) is 0 Å². The van der Waals surface area contributed by atoms with Gasteiger partial charge in [0.1, 0.15) is 5.75 Å². The summed E-state index contributed by atoms with van der Waals surface area (Å²) < 4.78 is 42.9. The van der Waals surface area contributed by atoms with Gasteiger partial charge < -0.3 is 10.1 Å². The van der Waals surface area contributed by atoms with Crippen molar-refractivity contribution >= 4 is 0 Å². The summed E-state index contributed by atoms with van der Waals surface area (Å²) in [7, 11) is 1.41. The van der Waals surface area contributed by atoms with Gasteiger partial charge in [-0.05, 0) is 37.1 Å². The summed E-state index contributed by atoms with van der Waals surface area (Å²) in [5.74, 6) is 0.564. The van der Waals surface area contributed by atoms with Crippen LogP contribution < -0.4 is 10.1 Å². The van der Waals surface area contributed by atoms with E-state index in [4.69, 9.17) is 4.74 Å². The lowest BCUT2D eigenvalue weighted by atomic mass is 9.90. The number of piperidine rings is 1. The highest BCUT2D eigenvalue weighted by Crippen LogP contribution is 2.37. The molecule has 0 unspecified atom stereocenters. The first-order valence-corrected chi connectivity index (χ1v) is 5.98. The molecule has 1 aliphatic heterocycles. The van der Waals surface area contributed by atoms with Gasteiger partial charge in [0.05, 0.1) is 12.7 Å². The van der Waals surface area contributed by atoms with Crippen molar-refractivity contribution in [3.05, 3.63) is 29.3 Å². The number of nitrogens with one attached hydrogen (secondary N) is 1. The first-order valence-electron chi connectivity index (χ1n) is 5.98. The lowest BCUT2D eigenvalue weighted by Crippen LogP contribution is -2.28. The van der Waals surface area contributed by atoms with Crippen molar-refractivity contribution in [2.45, 2.75) is 24.9 Å². The minimum atomic E-state index is -4.32. The number of halogens is 3. The van der Waals surface area contributed by atoms with Gasteiger partial charge in [-0.3, -0.25) is 0 Å². The van der Waals surface area contributed by atoms with Gasteiger partial charge in [0.2, 0.25) is 0 Å². The molecule has 1 fully saturated rings. The van der Waals surface area contributed by atoms with Crippen molar-refractivity contribution in [3.8, 4) is 5.75 Å². The Bertz CT molecular complexity index is 411. The minimum Gasteiger partial charge on any atom is -0.496 e. The zero-order valence-corrected chi connectivity index (χ0v) is 10.2. The summed E-state index contributed by atoms with van der Waals surface area (Å²) >= 11 is 0. The molecule has 0 aromatic heterocycles. The highest BCUT2D eigenvalue weighted by Gasteiger charge is 2.32. The number of ether oxygens (including phenoxy) is 1. The van der Waals surface area contributed by atoms with E-state index in [0.717, 1.165) is 43.6 Å². The smallest absolute Gasteiger partial charge is 0.416 e.